The van der Waals surface area contributed by atoms with E-state index in [1.54, 1.807) is 27.2 Å². The number of ether oxygens (including phenoxy) is 3. The molecule has 2 atom stereocenters. The van der Waals surface area contributed by atoms with Crippen LogP contribution >= 0.6 is 11.3 Å². The topological polar surface area (TPSA) is 153 Å². The molecule has 1 amide bonds. The molecule has 218 valence electrons. The van der Waals surface area contributed by atoms with E-state index < -0.39 is 24.1 Å². The molecule has 0 aliphatic rings. The van der Waals surface area contributed by atoms with Crippen molar-refractivity contribution < 1.29 is 33.6 Å². The molecule has 14 heteroatoms. The second kappa shape index (κ2) is 12.0. The summed E-state index contributed by atoms with van der Waals surface area (Å²) in [7, 11) is 1.58. The van der Waals surface area contributed by atoms with E-state index in [-0.39, 0.29) is 30.8 Å². The number of halogens is 1. The Morgan fingerprint density at radius 1 is 1.10 bits per heavy atom. The number of rotatable bonds is 10. The summed E-state index contributed by atoms with van der Waals surface area (Å²) in [5.74, 6) is -0.371. The number of methoxy groups -OCH3 is 1. The molecule has 4 heterocycles. The molecule has 0 saturated carbocycles. The van der Waals surface area contributed by atoms with Gasteiger partial charge in [0.25, 0.3) is 5.88 Å². The van der Waals surface area contributed by atoms with Crippen LogP contribution in [0.3, 0.4) is 0 Å². The van der Waals surface area contributed by atoms with Crippen LogP contribution in [0.15, 0.2) is 42.9 Å². The smallest absolute Gasteiger partial charge is 0.412 e. The lowest BCUT2D eigenvalue weighted by Gasteiger charge is -2.30. The highest BCUT2D eigenvalue weighted by Gasteiger charge is 2.29. The average molecular weight is 595 g/mol. The van der Waals surface area contributed by atoms with Gasteiger partial charge in [0.05, 0.1) is 49.6 Å². The number of benzene rings is 1. The largest absolute Gasteiger partial charge is 0.495 e. The normalized spacial score (nSPS) is 12.7. The summed E-state index contributed by atoms with van der Waals surface area (Å²) in [6, 6.07) is 6.31. The van der Waals surface area contributed by atoms with Crippen LogP contribution in [-0.2, 0) is 0 Å². The fourth-order valence-electron chi connectivity index (χ4n) is 4.33. The first kappa shape index (κ1) is 28.8. The highest BCUT2D eigenvalue weighted by molar-refractivity contribution is 7.21. The first-order valence-electron chi connectivity index (χ1n) is 12.8. The standard InChI is InChI=1S/C28H27FN6O6S/c1-14-7-17-9-19(39-4)13-30-23(17)20(8-14)25-33-22-10-21(29)24(34-26(22)42-25)41-16(3)15(2)35(28(37)38)18-11-31-27(32-12-18)40-6-5-36/h7-13,15-16,36H,5-6H2,1-4H3,(H,37,38)/t15-,16+/m1/s1. The highest BCUT2D eigenvalue weighted by Crippen LogP contribution is 2.36. The predicted octanol–water partition coefficient (Wildman–Crippen LogP) is 4.86. The zero-order chi connectivity index (χ0) is 30.0. The predicted molar refractivity (Wildman–Crippen MR) is 154 cm³/mol. The summed E-state index contributed by atoms with van der Waals surface area (Å²) in [6.07, 6.45) is 2.09. The quantitative estimate of drug-likeness (QED) is 0.228. The fourth-order valence-corrected chi connectivity index (χ4v) is 5.26. The van der Waals surface area contributed by atoms with Gasteiger partial charge >= 0.3 is 12.1 Å². The molecule has 0 radical (unpaired) electrons. The first-order valence-corrected chi connectivity index (χ1v) is 13.7. The maximum absolute atomic E-state index is 15.2. The second-order valence-electron chi connectivity index (χ2n) is 9.39. The first-order chi connectivity index (χ1) is 20.2. The molecule has 2 N–H and O–H groups in total. The van der Waals surface area contributed by atoms with Crippen LogP contribution in [0.5, 0.6) is 17.6 Å². The van der Waals surface area contributed by atoms with Gasteiger partial charge in [-0.05, 0) is 44.5 Å². The van der Waals surface area contributed by atoms with E-state index in [4.69, 9.17) is 19.3 Å². The van der Waals surface area contributed by atoms with E-state index in [1.807, 2.05) is 25.1 Å². The lowest BCUT2D eigenvalue weighted by atomic mass is 10.1. The van der Waals surface area contributed by atoms with Gasteiger partial charge in [-0.1, -0.05) is 11.3 Å². The number of hydrogen-bond acceptors (Lipinski definition) is 11. The van der Waals surface area contributed by atoms with Gasteiger partial charge in [-0.2, -0.15) is 4.98 Å². The number of nitrogens with zero attached hydrogens (tertiary/aromatic N) is 6. The van der Waals surface area contributed by atoms with Crippen molar-refractivity contribution in [2.45, 2.75) is 32.9 Å². The number of anilines is 1. The van der Waals surface area contributed by atoms with Crippen LogP contribution in [0.4, 0.5) is 14.9 Å². The number of aliphatic hydroxyl groups is 1. The van der Waals surface area contributed by atoms with Gasteiger partial charge in [-0.25, -0.2) is 24.1 Å². The molecule has 0 bridgehead atoms. The van der Waals surface area contributed by atoms with Crippen molar-refractivity contribution in [2.75, 3.05) is 25.2 Å². The maximum atomic E-state index is 15.2. The van der Waals surface area contributed by atoms with Crippen LogP contribution in [0.2, 0.25) is 0 Å². The van der Waals surface area contributed by atoms with Crippen molar-refractivity contribution in [1.29, 1.82) is 0 Å². The monoisotopic (exact) mass is 594 g/mol. The Hall–Kier alpha value is -4.69. The van der Waals surface area contributed by atoms with Crippen molar-refractivity contribution in [3.63, 3.8) is 0 Å². The Morgan fingerprint density at radius 3 is 2.55 bits per heavy atom. The van der Waals surface area contributed by atoms with E-state index >= 15 is 4.39 Å². The minimum absolute atomic E-state index is 0.00112. The number of aryl methyl sites for hydroxylation is 1. The third kappa shape index (κ3) is 5.85. The zero-order valence-corrected chi connectivity index (χ0v) is 23.9. The van der Waals surface area contributed by atoms with Crippen LogP contribution in [0.25, 0.3) is 31.8 Å². The number of aromatic nitrogens is 5. The Labute approximate surface area is 243 Å². The second-order valence-corrected chi connectivity index (χ2v) is 10.4. The molecular formula is C28H27FN6O6S. The Kier molecular flexibility index (Phi) is 8.27. The number of carboxylic acid groups (broad SMARTS) is 1. The maximum Gasteiger partial charge on any atom is 0.412 e. The van der Waals surface area contributed by atoms with Gasteiger partial charge in [0.1, 0.15) is 33.8 Å². The summed E-state index contributed by atoms with van der Waals surface area (Å²) in [5, 5.41) is 20.3. The van der Waals surface area contributed by atoms with Crippen LogP contribution < -0.4 is 19.1 Å². The Morgan fingerprint density at radius 2 is 1.86 bits per heavy atom. The molecule has 5 rings (SSSR count). The van der Waals surface area contributed by atoms with Gasteiger partial charge in [0.2, 0.25) is 0 Å². The minimum Gasteiger partial charge on any atom is -0.495 e. The van der Waals surface area contributed by atoms with Gasteiger partial charge in [0, 0.05) is 17.0 Å². The SMILES string of the molecule is COc1cnc2c(-c3nc4cc(F)c(O[C@@H](C)[C@@H](C)N(C(=O)O)c5cnc(OCCO)nc5)nc4s3)cc(C)cc2c1. The van der Waals surface area contributed by atoms with Crippen molar-refractivity contribution in [1.82, 2.24) is 24.9 Å². The van der Waals surface area contributed by atoms with E-state index in [9.17, 15) is 9.90 Å². The molecule has 4 aromatic heterocycles. The van der Waals surface area contributed by atoms with Gasteiger partial charge in [-0.15, -0.1) is 0 Å². The van der Waals surface area contributed by atoms with Gasteiger partial charge in [-0.3, -0.25) is 9.88 Å². The molecule has 0 aliphatic carbocycles. The molecule has 5 aromatic rings. The number of hydrogen-bond donors (Lipinski definition) is 2. The molecular weight excluding hydrogens is 567 g/mol. The molecule has 0 aliphatic heterocycles. The van der Waals surface area contributed by atoms with E-state index in [2.05, 4.69) is 24.9 Å². The van der Waals surface area contributed by atoms with Crippen molar-refractivity contribution >= 4 is 44.4 Å². The minimum atomic E-state index is -1.28. The molecule has 0 saturated heterocycles. The van der Waals surface area contributed by atoms with Crippen molar-refractivity contribution in [2.24, 2.45) is 0 Å². The number of thiazole rings is 1. The van der Waals surface area contributed by atoms with Crippen LogP contribution in [-0.4, -0.2) is 73.7 Å². The summed E-state index contributed by atoms with van der Waals surface area (Å²) in [5.41, 5.74) is 3.03. The van der Waals surface area contributed by atoms with Gasteiger partial charge in [0.15, 0.2) is 5.82 Å². The molecule has 1 aromatic carbocycles. The van der Waals surface area contributed by atoms with Crippen LogP contribution in [0, 0.1) is 12.7 Å². The Bertz CT molecular complexity index is 1750. The van der Waals surface area contributed by atoms with Crippen molar-refractivity contribution in [3.8, 4) is 28.2 Å². The summed E-state index contributed by atoms with van der Waals surface area (Å²) < 4.78 is 31.4. The van der Waals surface area contributed by atoms with E-state index in [1.165, 1.54) is 29.8 Å². The zero-order valence-electron chi connectivity index (χ0n) is 23.1. The number of carbonyl (C=O) groups is 1. The number of fused-ring (bicyclic) bond motifs is 2. The molecule has 0 spiro atoms. The fraction of sp³-hybridized carbons (Fsp3) is 0.286. The molecule has 0 fully saturated rings. The van der Waals surface area contributed by atoms with Gasteiger partial charge < -0.3 is 24.4 Å². The van der Waals surface area contributed by atoms with Crippen LogP contribution in [0.1, 0.15) is 19.4 Å². The number of aliphatic hydroxyl groups excluding tert-OH is 1. The third-order valence-electron chi connectivity index (χ3n) is 6.48. The average Bonchev–Trinajstić information content (AvgIpc) is 3.38. The lowest BCUT2D eigenvalue weighted by Crippen LogP contribution is -2.46. The third-order valence-corrected chi connectivity index (χ3v) is 7.48. The number of pyridine rings is 2. The molecule has 42 heavy (non-hydrogen) atoms. The summed E-state index contributed by atoms with van der Waals surface area (Å²) in [6.45, 7) is 4.98. The summed E-state index contributed by atoms with van der Waals surface area (Å²) >= 11 is 1.27. The van der Waals surface area contributed by atoms with Crippen molar-refractivity contribution in [3.05, 3.63) is 54.2 Å². The number of amides is 1. The summed E-state index contributed by atoms with van der Waals surface area (Å²) in [4.78, 5) is 35.1. The Balaban J connectivity index is 1.41. The highest BCUT2D eigenvalue weighted by atomic mass is 32.1. The van der Waals surface area contributed by atoms with E-state index in [0.29, 0.717) is 21.1 Å². The molecule has 12 nitrogen and oxygen atoms in total. The molecule has 0 unspecified atom stereocenters. The van der Waals surface area contributed by atoms with E-state index in [0.717, 1.165) is 26.9 Å². The lowest BCUT2D eigenvalue weighted by molar-refractivity contribution is 0.162.